The van der Waals surface area contributed by atoms with Crippen molar-refractivity contribution in [1.29, 1.82) is 0 Å². The van der Waals surface area contributed by atoms with Gasteiger partial charge in [-0.15, -0.1) is 0 Å². The molecule has 0 saturated heterocycles. The van der Waals surface area contributed by atoms with E-state index in [1.54, 1.807) is 0 Å². The molecule has 2 rings (SSSR count). The lowest BCUT2D eigenvalue weighted by Crippen LogP contribution is -2.27. The maximum absolute atomic E-state index is 12.0. The van der Waals surface area contributed by atoms with Gasteiger partial charge in [-0.2, -0.15) is 0 Å². The summed E-state index contributed by atoms with van der Waals surface area (Å²) >= 11 is 0. The van der Waals surface area contributed by atoms with E-state index in [4.69, 9.17) is 4.74 Å². The first-order chi connectivity index (χ1) is 10.6. The second kappa shape index (κ2) is 8.97. The summed E-state index contributed by atoms with van der Waals surface area (Å²) in [4.78, 5) is 35.0. The first kappa shape index (κ1) is 17.9. The third-order valence-corrected chi connectivity index (χ3v) is 3.41. The third kappa shape index (κ3) is 4.69. The molecule has 2 atom stereocenters. The van der Waals surface area contributed by atoms with Crippen molar-refractivity contribution >= 4 is 17.7 Å². The van der Waals surface area contributed by atoms with Crippen LogP contribution in [-0.4, -0.2) is 24.8 Å². The number of hydrogen-bond acceptors (Lipinski definition) is 5. The quantitative estimate of drug-likeness (QED) is 0.799. The summed E-state index contributed by atoms with van der Waals surface area (Å²) in [7, 11) is 1.25. The molecule has 1 aliphatic carbocycles. The average Bonchev–Trinajstić information content (AvgIpc) is 2.96. The average molecular weight is 306 g/mol. The van der Waals surface area contributed by atoms with Crippen molar-refractivity contribution in [2.75, 3.05) is 7.11 Å². The number of ketones is 1. The van der Waals surface area contributed by atoms with Crippen molar-refractivity contribution in [3.8, 4) is 0 Å². The minimum atomic E-state index is -0.723. The van der Waals surface area contributed by atoms with E-state index >= 15 is 0 Å². The van der Waals surface area contributed by atoms with E-state index in [0.29, 0.717) is 0 Å². The summed E-state index contributed by atoms with van der Waals surface area (Å²) in [5, 5.41) is 0. The smallest absolute Gasteiger partial charge is 0.310 e. The molecule has 5 nitrogen and oxygen atoms in total. The van der Waals surface area contributed by atoms with Crippen molar-refractivity contribution in [2.45, 2.75) is 33.3 Å². The fourth-order valence-electron chi connectivity index (χ4n) is 2.34. The topological polar surface area (TPSA) is 69.7 Å². The Labute approximate surface area is 130 Å². The van der Waals surface area contributed by atoms with Crippen LogP contribution < -0.4 is 0 Å². The molecule has 0 bridgehead atoms. The molecular weight excluding hydrogens is 284 g/mol. The van der Waals surface area contributed by atoms with Crippen molar-refractivity contribution in [1.82, 2.24) is 0 Å². The molecule has 0 radical (unpaired) electrons. The zero-order valence-electron chi connectivity index (χ0n) is 13.2. The standard InChI is InChI=1S/C15H16O5.C2H6/c1-19-14(17)12-7-11(16)8-13(12)15(18)20-9-10-5-3-2-4-6-10;1-2/h2-6,12-13H,7-9H2,1H3;1-2H3. The Morgan fingerprint density at radius 2 is 1.59 bits per heavy atom. The molecule has 5 heteroatoms. The molecule has 120 valence electrons. The number of methoxy groups -OCH3 is 1. The molecule has 0 aromatic heterocycles. The molecular formula is C17H22O5. The van der Waals surface area contributed by atoms with Gasteiger partial charge in [-0.25, -0.2) is 0 Å². The Bertz CT molecular complexity index is 509. The fraction of sp³-hybridized carbons (Fsp3) is 0.471. The van der Waals surface area contributed by atoms with Crippen LogP contribution >= 0.6 is 0 Å². The van der Waals surface area contributed by atoms with Gasteiger partial charge in [0.05, 0.1) is 18.9 Å². The number of carbonyl (C=O) groups is 3. The summed E-state index contributed by atoms with van der Waals surface area (Å²) in [5.74, 6) is -2.59. The van der Waals surface area contributed by atoms with E-state index in [1.165, 1.54) is 7.11 Å². The minimum Gasteiger partial charge on any atom is -0.469 e. The lowest BCUT2D eigenvalue weighted by Gasteiger charge is -2.15. The molecule has 1 aliphatic rings. The normalized spacial score (nSPS) is 19.9. The lowest BCUT2D eigenvalue weighted by atomic mass is 9.96. The van der Waals surface area contributed by atoms with Crippen LogP contribution in [0.5, 0.6) is 0 Å². The second-order valence-electron chi connectivity index (χ2n) is 4.78. The highest BCUT2D eigenvalue weighted by atomic mass is 16.5. The van der Waals surface area contributed by atoms with Crippen molar-refractivity contribution in [3.05, 3.63) is 35.9 Å². The zero-order valence-corrected chi connectivity index (χ0v) is 13.2. The summed E-state index contributed by atoms with van der Waals surface area (Å²) in [6.45, 7) is 4.14. The summed E-state index contributed by atoms with van der Waals surface area (Å²) < 4.78 is 9.81. The second-order valence-corrected chi connectivity index (χ2v) is 4.78. The van der Waals surface area contributed by atoms with Gasteiger partial charge in [-0.3, -0.25) is 14.4 Å². The minimum absolute atomic E-state index is 0.0490. The maximum atomic E-state index is 12.0. The van der Waals surface area contributed by atoms with E-state index in [0.717, 1.165) is 5.56 Å². The van der Waals surface area contributed by atoms with Crippen LogP contribution in [0.25, 0.3) is 0 Å². The highest BCUT2D eigenvalue weighted by Crippen LogP contribution is 2.31. The van der Waals surface area contributed by atoms with E-state index < -0.39 is 23.8 Å². The van der Waals surface area contributed by atoms with Crippen LogP contribution in [0.4, 0.5) is 0 Å². The number of ether oxygens (including phenoxy) is 2. The highest BCUT2D eigenvalue weighted by Gasteiger charge is 2.43. The largest absolute Gasteiger partial charge is 0.469 e. The van der Waals surface area contributed by atoms with Gasteiger partial charge >= 0.3 is 11.9 Å². The van der Waals surface area contributed by atoms with Gasteiger partial charge < -0.3 is 9.47 Å². The molecule has 0 heterocycles. The molecule has 1 fully saturated rings. The highest BCUT2D eigenvalue weighted by molar-refractivity contribution is 5.95. The zero-order chi connectivity index (χ0) is 16.5. The number of hydrogen-bond donors (Lipinski definition) is 0. The Balaban J connectivity index is 0.00000116. The predicted molar refractivity (Wildman–Crippen MR) is 80.8 cm³/mol. The Morgan fingerprint density at radius 3 is 2.14 bits per heavy atom. The molecule has 0 N–H and O–H groups in total. The fourth-order valence-corrected chi connectivity index (χ4v) is 2.34. The Morgan fingerprint density at radius 1 is 1.05 bits per heavy atom. The Hall–Kier alpha value is -2.17. The molecule has 1 aromatic rings. The first-order valence-electron chi connectivity index (χ1n) is 7.42. The van der Waals surface area contributed by atoms with Crippen molar-refractivity contribution in [2.24, 2.45) is 11.8 Å². The van der Waals surface area contributed by atoms with Gasteiger partial charge in [0.1, 0.15) is 12.4 Å². The predicted octanol–water partition coefficient (Wildman–Crippen LogP) is 2.52. The number of carbonyl (C=O) groups excluding carboxylic acids is 3. The molecule has 0 aliphatic heterocycles. The van der Waals surface area contributed by atoms with Gasteiger partial charge in [0.15, 0.2) is 0 Å². The first-order valence-corrected chi connectivity index (χ1v) is 7.42. The Kier molecular flexibility index (Phi) is 7.29. The molecule has 0 amide bonds. The summed E-state index contributed by atoms with van der Waals surface area (Å²) in [6.07, 6.45) is 0.102. The van der Waals surface area contributed by atoms with E-state index in [9.17, 15) is 14.4 Å². The number of rotatable bonds is 4. The monoisotopic (exact) mass is 306 g/mol. The number of benzene rings is 1. The van der Waals surface area contributed by atoms with Crippen LogP contribution in [-0.2, 0) is 30.5 Å². The third-order valence-electron chi connectivity index (χ3n) is 3.41. The van der Waals surface area contributed by atoms with Gasteiger partial charge in [0, 0.05) is 12.8 Å². The van der Waals surface area contributed by atoms with Crippen LogP contribution in [0.2, 0.25) is 0 Å². The van der Waals surface area contributed by atoms with Gasteiger partial charge in [-0.05, 0) is 5.56 Å². The van der Waals surface area contributed by atoms with Crippen molar-refractivity contribution in [3.63, 3.8) is 0 Å². The van der Waals surface area contributed by atoms with Crippen molar-refractivity contribution < 1.29 is 23.9 Å². The number of Topliss-reactive ketones (excluding diaryl/α,β-unsaturated/α-hetero) is 1. The lowest BCUT2D eigenvalue weighted by molar-refractivity contribution is -0.158. The molecule has 1 saturated carbocycles. The molecule has 22 heavy (non-hydrogen) atoms. The van der Waals surface area contributed by atoms with E-state index in [-0.39, 0.29) is 25.2 Å². The van der Waals surface area contributed by atoms with Gasteiger partial charge in [-0.1, -0.05) is 44.2 Å². The van der Waals surface area contributed by atoms with Crippen LogP contribution in [0.3, 0.4) is 0 Å². The van der Waals surface area contributed by atoms with Gasteiger partial charge in [0.2, 0.25) is 0 Å². The maximum Gasteiger partial charge on any atom is 0.310 e. The summed E-state index contributed by atoms with van der Waals surface area (Å²) in [6, 6.07) is 9.24. The molecule has 1 aromatic carbocycles. The molecule has 0 spiro atoms. The van der Waals surface area contributed by atoms with Crippen LogP contribution in [0, 0.1) is 11.8 Å². The number of esters is 2. The van der Waals surface area contributed by atoms with E-state index in [1.807, 2.05) is 44.2 Å². The summed E-state index contributed by atoms with van der Waals surface area (Å²) in [5.41, 5.74) is 0.861. The van der Waals surface area contributed by atoms with Gasteiger partial charge in [0.25, 0.3) is 0 Å². The van der Waals surface area contributed by atoms with E-state index in [2.05, 4.69) is 4.74 Å². The molecule has 2 unspecified atom stereocenters. The van der Waals surface area contributed by atoms with Crippen LogP contribution in [0.1, 0.15) is 32.3 Å². The SMILES string of the molecule is CC.COC(=O)C1CC(=O)CC1C(=O)OCc1ccccc1. The van der Waals surface area contributed by atoms with Crippen LogP contribution in [0.15, 0.2) is 30.3 Å².